The minimum atomic E-state index is -1.40. The number of phenolic OH excluding ortho intramolecular Hbond substituents is 2. The van der Waals surface area contributed by atoms with Crippen LogP contribution < -0.4 is 70.6 Å². The molecule has 0 bridgehead atoms. The van der Waals surface area contributed by atoms with Crippen molar-refractivity contribution in [2.45, 2.75) is 93.0 Å². The second-order valence-electron chi connectivity index (χ2n) is 36.2. The number of carboxylic acids is 1. The third-order valence-electron chi connectivity index (χ3n) is 20.9. The van der Waals surface area contributed by atoms with E-state index in [0.717, 1.165) is 116 Å². The molecule has 0 heterocycles. The number of rotatable bonds is 28. The maximum absolute atomic E-state index is 13.4. The van der Waals surface area contributed by atoms with Gasteiger partial charge in [0.15, 0.2) is 0 Å². The Balaban J connectivity index is 0.000000221. The van der Waals surface area contributed by atoms with E-state index < -0.39 is 52.5 Å². The van der Waals surface area contributed by atoms with Crippen molar-refractivity contribution in [3.05, 3.63) is 326 Å². The number of nitrogens with one attached hydrogen (secondary N) is 4. The minimum Gasteiger partial charge on any atom is -0.545 e. The summed E-state index contributed by atoms with van der Waals surface area (Å²) in [6.45, 7) is 25.1. The number of carboxylic acid groups (broad SMARTS) is 1. The summed E-state index contributed by atoms with van der Waals surface area (Å²) in [6.07, 6.45) is 0. The Labute approximate surface area is 829 Å². The Morgan fingerprint density at radius 1 is 0.296 bits per heavy atom. The predicted octanol–water partition coefficient (Wildman–Crippen LogP) is 17.3. The van der Waals surface area contributed by atoms with E-state index in [-0.39, 0.29) is 80.8 Å². The van der Waals surface area contributed by atoms with Crippen molar-refractivity contribution in [2.24, 2.45) is 0 Å². The van der Waals surface area contributed by atoms with Crippen LogP contribution in [0.3, 0.4) is 0 Å². The van der Waals surface area contributed by atoms with Gasteiger partial charge in [-0.2, -0.15) is 0 Å². The predicted molar refractivity (Wildman–Crippen MR) is 546 cm³/mol. The van der Waals surface area contributed by atoms with Crippen LogP contribution in [0.25, 0.3) is 44.5 Å². The molecule has 0 aromatic heterocycles. The summed E-state index contributed by atoms with van der Waals surface area (Å²) in [6, 6.07) is 80.5. The maximum Gasteiger partial charge on any atom is 1.00 e. The van der Waals surface area contributed by atoms with Gasteiger partial charge in [-0.25, -0.2) is 14.4 Å². The molecule has 6 N–H and O–H groups in total. The molecule has 0 unspecified atom stereocenters. The van der Waals surface area contributed by atoms with Gasteiger partial charge in [-0.15, -0.1) is 0 Å². The van der Waals surface area contributed by atoms with Crippen LogP contribution in [0.15, 0.2) is 267 Å². The van der Waals surface area contributed by atoms with Gasteiger partial charge in [0.1, 0.15) is 28.3 Å². The Bertz CT molecular complexity index is 5930. The summed E-state index contributed by atoms with van der Waals surface area (Å²) in [4.78, 5) is 115. The van der Waals surface area contributed by atoms with Gasteiger partial charge in [0.2, 0.25) is 0 Å². The number of amides is 4. The van der Waals surface area contributed by atoms with E-state index in [2.05, 4.69) is 63.5 Å². The maximum atomic E-state index is 13.4. The van der Waals surface area contributed by atoms with Gasteiger partial charge in [0.05, 0.1) is 56.5 Å². The topological polar surface area (TPSA) is 295 Å². The van der Waals surface area contributed by atoms with Crippen LogP contribution in [0.4, 0.5) is 39.8 Å². The number of ether oxygens (including phenoxy) is 3. The fourth-order valence-electron chi connectivity index (χ4n) is 13.7. The van der Waals surface area contributed by atoms with Crippen LogP contribution in [-0.2, 0) is 14.2 Å². The fraction of sp³-hybridized carbons (Fsp3) is 0.266. The van der Waals surface area contributed by atoms with Gasteiger partial charge in [-0.1, -0.05) is 152 Å². The van der Waals surface area contributed by atoms with Crippen molar-refractivity contribution in [1.29, 1.82) is 0 Å². The third-order valence-corrected chi connectivity index (χ3v) is 21.6. The number of hydrogen-bond donors (Lipinski definition) is 6. The first-order valence-corrected chi connectivity index (χ1v) is 44.9. The van der Waals surface area contributed by atoms with Crippen LogP contribution in [0.5, 0.6) is 11.5 Å². The molecular formula is C109H122IN10NaO14. The van der Waals surface area contributed by atoms with Crippen molar-refractivity contribution >= 4 is 110 Å². The molecule has 0 saturated heterocycles. The number of hydrogen-bond acceptors (Lipinski definition) is 20. The van der Waals surface area contributed by atoms with Crippen LogP contribution >= 0.6 is 22.6 Å². The third kappa shape index (κ3) is 32.7. The standard InChI is InChI=1S/C30H37N3O3.C29H35N3O4.C25H24INO3.C25H27N3O4.Na/c1-21-19-24(33(7)18-17-32(5)6)14-16-25(21)28(34)31-27-20-23(22-11-9-8-10-12-22)13-15-26(27)29(35)36-30(2,3)4;1-29(2,3)36-28(35)23-14-12-21(20-10-8-7-9-11-20)18-25(23)30-27(34)24-15-13-22(19-26(24)33)32(6)17-16-31(4)5;1-16-14-19(26)11-13-20(16)23(28)27-22-15-18(17-8-6-5-7-9-17)10-12-21(22)24(29)30-25(2,3)4;1-27(2)13-14-28(3)19-10-12-21(23(29)16-19)24(30)26-22-15-18(9-11-20(22)25(31)32)17-7-5-4-6-8-17;/h8-16,19-20H,17-18H2,1-7H3,(H,31,34);7-15,18-19,33H,16-17H2,1-6H3,(H,30,34);5-15H,1-4H3,(H,27,28);4-12,15-16,29H,13-14H2,1-3H3,(H,26,30)(H,31,32);/q;;;;+1/p-1. The summed E-state index contributed by atoms with van der Waals surface area (Å²) < 4.78 is 17.8. The van der Waals surface area contributed by atoms with E-state index in [9.17, 15) is 53.7 Å². The summed E-state index contributed by atoms with van der Waals surface area (Å²) in [5.74, 6) is -4.90. The number of nitrogens with zero attached hydrogens (tertiary/aromatic N) is 6. The first kappa shape index (κ1) is 107. The minimum absolute atomic E-state index is 0. The van der Waals surface area contributed by atoms with Crippen LogP contribution in [0.2, 0.25) is 0 Å². The summed E-state index contributed by atoms with van der Waals surface area (Å²) in [5, 5.41) is 44.0. The quantitative estimate of drug-likeness (QED) is 0.0115. The Hall–Kier alpha value is -13.0. The molecule has 26 heteroatoms. The van der Waals surface area contributed by atoms with E-state index >= 15 is 0 Å². The molecule has 4 amide bonds. The number of esters is 3. The van der Waals surface area contributed by atoms with Gasteiger partial charge in [-0.3, -0.25) is 19.2 Å². The number of anilines is 7. The Morgan fingerprint density at radius 3 is 0.785 bits per heavy atom. The molecule has 700 valence electrons. The molecule has 12 aromatic carbocycles. The van der Waals surface area contributed by atoms with Gasteiger partial charge >= 0.3 is 47.5 Å². The monoisotopic (exact) mass is 1940 g/mol. The molecule has 0 aliphatic heterocycles. The second kappa shape index (κ2) is 49.3. The molecular weight excluding hydrogens is 1820 g/mol. The average molecular weight is 1950 g/mol. The zero-order chi connectivity index (χ0) is 98.1. The fourth-order valence-corrected chi connectivity index (χ4v) is 14.3. The van der Waals surface area contributed by atoms with Gasteiger partial charge in [0.25, 0.3) is 23.6 Å². The smallest absolute Gasteiger partial charge is 0.545 e. The largest absolute Gasteiger partial charge is 1.00 e. The Kier molecular flexibility index (Phi) is 39.2. The van der Waals surface area contributed by atoms with Crippen molar-refractivity contribution in [1.82, 2.24) is 14.7 Å². The molecule has 0 atom stereocenters. The molecule has 0 fully saturated rings. The first-order chi connectivity index (χ1) is 63.3. The van der Waals surface area contributed by atoms with Crippen molar-refractivity contribution in [3.63, 3.8) is 0 Å². The van der Waals surface area contributed by atoms with E-state index in [1.54, 1.807) is 87.5 Å². The molecule has 135 heavy (non-hydrogen) atoms. The number of carbonyl (C=O) groups excluding carboxylic acids is 8. The molecule has 0 aliphatic carbocycles. The van der Waals surface area contributed by atoms with E-state index in [4.69, 9.17) is 14.2 Å². The average Bonchev–Trinajstić information content (AvgIpc) is 0.814. The van der Waals surface area contributed by atoms with Crippen molar-refractivity contribution in [2.75, 3.05) is 139 Å². The second-order valence-corrected chi connectivity index (χ2v) is 37.4. The van der Waals surface area contributed by atoms with E-state index in [1.165, 1.54) is 18.2 Å². The molecule has 24 nitrogen and oxygen atoms in total. The number of phenols is 2. The number of carbonyl (C=O) groups is 8. The first-order valence-electron chi connectivity index (χ1n) is 43.8. The number of likely N-dealkylation sites (N-methyl/N-ethyl adjacent to an activating group) is 6. The van der Waals surface area contributed by atoms with Gasteiger partial charge < -0.3 is 85.0 Å². The number of benzene rings is 12. The molecule has 0 saturated carbocycles. The normalized spacial score (nSPS) is 11.1. The summed E-state index contributed by atoms with van der Waals surface area (Å²) in [5.41, 5.74) is 12.8. The van der Waals surface area contributed by atoms with Crippen LogP contribution in [0.1, 0.15) is 156 Å². The van der Waals surface area contributed by atoms with Crippen molar-refractivity contribution < 1.29 is 97.4 Å². The number of aromatic hydroxyl groups is 2. The molecule has 0 radical (unpaired) electrons. The zero-order valence-electron chi connectivity index (χ0n) is 81.0. The molecule has 12 rings (SSSR count). The van der Waals surface area contributed by atoms with E-state index in [1.807, 2.05) is 311 Å². The SMILES string of the molecule is CN(C)CCN(C)c1ccc(C(=O)Nc2cc(-c3ccccc3)ccc2C(=O)OC(C)(C)C)c(O)c1.CN(C)CCN(C)c1ccc(C(=O)Nc2cc(-c3ccccc3)ccc2C(=O)[O-])c(O)c1.Cc1cc(I)ccc1C(=O)Nc1cc(-c2ccccc2)ccc1C(=O)OC(C)(C)C.Cc1cc(N(C)CCN(C)C)ccc1C(=O)Nc1cc(-c2ccccc2)ccc1C(=O)OC(C)(C)C.[Na+]. The van der Waals surface area contributed by atoms with Gasteiger partial charge in [-0.05, 0) is 300 Å². The van der Waals surface area contributed by atoms with Crippen LogP contribution in [0, 0.1) is 17.4 Å². The Morgan fingerprint density at radius 2 is 0.533 bits per heavy atom. The summed E-state index contributed by atoms with van der Waals surface area (Å²) >= 11 is 2.21. The van der Waals surface area contributed by atoms with Crippen molar-refractivity contribution in [3.8, 4) is 56.0 Å². The molecule has 12 aromatic rings. The molecule has 0 spiro atoms. The zero-order valence-corrected chi connectivity index (χ0v) is 85.2. The van der Waals surface area contributed by atoms with Gasteiger partial charge in [0, 0.05) is 110 Å². The molecule has 0 aliphatic rings. The number of halogens is 1. The summed E-state index contributed by atoms with van der Waals surface area (Å²) in [7, 11) is 17.9. The number of aromatic carboxylic acids is 1. The van der Waals surface area contributed by atoms with Crippen LogP contribution in [-0.4, -0.2) is 192 Å². The number of aryl methyl sites for hydroxylation is 2. The van der Waals surface area contributed by atoms with E-state index in [0.29, 0.717) is 39.3 Å².